The van der Waals surface area contributed by atoms with Crippen LogP contribution in [0.15, 0.2) is 23.2 Å². The number of rotatable bonds is 4. The van der Waals surface area contributed by atoms with Crippen molar-refractivity contribution in [2.45, 2.75) is 31.2 Å². The molecule has 0 spiro atoms. The first-order valence-electron chi connectivity index (χ1n) is 7.12. The van der Waals surface area contributed by atoms with E-state index >= 15 is 0 Å². The average Bonchev–Trinajstić information content (AvgIpc) is 2.90. The lowest BCUT2D eigenvalue weighted by Crippen LogP contribution is -2.45. The maximum Gasteiger partial charge on any atom is 0.193 e. The van der Waals surface area contributed by atoms with E-state index in [2.05, 4.69) is 15.2 Å². The second kappa shape index (κ2) is 8.05. The molecule has 1 aliphatic carbocycles. The van der Waals surface area contributed by atoms with E-state index < -0.39 is 11.6 Å². The number of nitrogens with two attached hydrogens (primary N) is 1. The number of nitrogens with zero attached hydrogens (tertiary/aromatic N) is 2. The molecule has 124 valence electrons. The van der Waals surface area contributed by atoms with Crippen molar-refractivity contribution in [3.05, 3.63) is 29.8 Å². The standard InChI is InChI=1S/C15H22F2N4.HI/c1-21(2)15(7-3-4-8-15)10-19-14(18)20-13-6-5-11(16)9-12(13)17;/h5-6,9H,3-4,7-8,10H2,1-2H3,(H3,18,19,20);1H. The van der Waals surface area contributed by atoms with Gasteiger partial charge in [-0.3, -0.25) is 4.99 Å². The highest BCUT2D eigenvalue weighted by Gasteiger charge is 2.35. The summed E-state index contributed by atoms with van der Waals surface area (Å²) in [5, 5.41) is 2.69. The zero-order valence-electron chi connectivity index (χ0n) is 12.9. The molecular formula is C15H23F2IN4. The van der Waals surface area contributed by atoms with Crippen molar-refractivity contribution in [2.75, 3.05) is 26.0 Å². The summed E-state index contributed by atoms with van der Waals surface area (Å²) in [6.07, 6.45) is 4.55. The van der Waals surface area contributed by atoms with Gasteiger partial charge in [-0.05, 0) is 39.1 Å². The van der Waals surface area contributed by atoms with Gasteiger partial charge in [-0.15, -0.1) is 24.0 Å². The van der Waals surface area contributed by atoms with Gasteiger partial charge in [-0.25, -0.2) is 8.78 Å². The Hall–Kier alpha value is -0.960. The van der Waals surface area contributed by atoms with Gasteiger partial charge in [0.15, 0.2) is 5.96 Å². The summed E-state index contributed by atoms with van der Waals surface area (Å²) in [6.45, 7) is 0.571. The fourth-order valence-electron chi connectivity index (χ4n) is 2.78. The second-order valence-electron chi connectivity index (χ2n) is 5.78. The third kappa shape index (κ3) is 4.52. The van der Waals surface area contributed by atoms with Gasteiger partial charge < -0.3 is 16.0 Å². The van der Waals surface area contributed by atoms with Crippen molar-refractivity contribution in [3.63, 3.8) is 0 Å². The molecular weight excluding hydrogens is 401 g/mol. The fourth-order valence-corrected chi connectivity index (χ4v) is 2.78. The Bertz CT molecular complexity index is 528. The normalized spacial score (nSPS) is 17.4. The Balaban J connectivity index is 0.00000242. The molecule has 3 N–H and O–H groups in total. The minimum atomic E-state index is -0.684. The number of likely N-dealkylation sites (N-methyl/N-ethyl adjacent to an activating group) is 1. The average molecular weight is 424 g/mol. The largest absolute Gasteiger partial charge is 0.370 e. The minimum absolute atomic E-state index is 0. The number of hydrogen-bond acceptors (Lipinski definition) is 2. The summed E-state index contributed by atoms with van der Waals surface area (Å²) in [5.41, 5.74) is 5.97. The van der Waals surface area contributed by atoms with E-state index in [-0.39, 0.29) is 41.2 Å². The first-order chi connectivity index (χ1) is 9.93. The lowest BCUT2D eigenvalue weighted by molar-refractivity contribution is 0.167. The fraction of sp³-hybridized carbons (Fsp3) is 0.533. The van der Waals surface area contributed by atoms with Crippen molar-refractivity contribution in [1.82, 2.24) is 4.90 Å². The van der Waals surface area contributed by atoms with E-state index in [4.69, 9.17) is 5.73 Å². The molecule has 1 aromatic rings. The van der Waals surface area contributed by atoms with Gasteiger partial charge in [0.2, 0.25) is 0 Å². The van der Waals surface area contributed by atoms with Gasteiger partial charge >= 0.3 is 0 Å². The Morgan fingerprint density at radius 2 is 1.95 bits per heavy atom. The third-order valence-corrected chi connectivity index (χ3v) is 4.22. The molecule has 0 aromatic heterocycles. The van der Waals surface area contributed by atoms with E-state index in [1.165, 1.54) is 25.0 Å². The van der Waals surface area contributed by atoms with Crippen LogP contribution in [0.5, 0.6) is 0 Å². The number of aliphatic imine (C=N–C) groups is 1. The van der Waals surface area contributed by atoms with E-state index in [1.807, 2.05) is 14.1 Å². The molecule has 0 atom stereocenters. The van der Waals surface area contributed by atoms with Crippen molar-refractivity contribution < 1.29 is 8.78 Å². The second-order valence-corrected chi connectivity index (χ2v) is 5.78. The van der Waals surface area contributed by atoms with E-state index in [0.29, 0.717) is 6.54 Å². The molecule has 4 nitrogen and oxygen atoms in total. The molecule has 1 aliphatic rings. The highest BCUT2D eigenvalue weighted by Crippen LogP contribution is 2.33. The predicted octanol–water partition coefficient (Wildman–Crippen LogP) is 3.18. The Morgan fingerprint density at radius 1 is 1.32 bits per heavy atom. The zero-order chi connectivity index (χ0) is 15.5. The maximum atomic E-state index is 13.5. The number of nitrogens with one attached hydrogen (secondary N) is 1. The molecule has 0 amide bonds. The van der Waals surface area contributed by atoms with Gasteiger partial charge in [0, 0.05) is 11.6 Å². The molecule has 2 rings (SSSR count). The summed E-state index contributed by atoms with van der Waals surface area (Å²) in [5.74, 6) is -1.16. The molecule has 1 fully saturated rings. The topological polar surface area (TPSA) is 53.6 Å². The molecule has 1 aromatic carbocycles. The van der Waals surface area contributed by atoms with Crippen LogP contribution < -0.4 is 11.1 Å². The van der Waals surface area contributed by atoms with Crippen LogP contribution in [0.4, 0.5) is 14.5 Å². The summed E-state index contributed by atoms with van der Waals surface area (Å²) >= 11 is 0. The predicted molar refractivity (Wildman–Crippen MR) is 96.8 cm³/mol. The first kappa shape index (κ1) is 19.1. The van der Waals surface area contributed by atoms with Gasteiger partial charge in [-0.2, -0.15) is 0 Å². The van der Waals surface area contributed by atoms with Crippen molar-refractivity contribution >= 4 is 35.6 Å². The maximum absolute atomic E-state index is 13.5. The van der Waals surface area contributed by atoms with E-state index in [0.717, 1.165) is 18.9 Å². The summed E-state index contributed by atoms with van der Waals surface area (Å²) in [7, 11) is 4.09. The van der Waals surface area contributed by atoms with Crippen LogP contribution in [0.1, 0.15) is 25.7 Å². The Labute approximate surface area is 147 Å². The molecule has 22 heavy (non-hydrogen) atoms. The monoisotopic (exact) mass is 424 g/mol. The zero-order valence-corrected chi connectivity index (χ0v) is 15.2. The third-order valence-electron chi connectivity index (χ3n) is 4.22. The van der Waals surface area contributed by atoms with E-state index in [9.17, 15) is 8.78 Å². The first-order valence-corrected chi connectivity index (χ1v) is 7.12. The number of anilines is 1. The quantitative estimate of drug-likeness (QED) is 0.444. The van der Waals surface area contributed by atoms with Crippen LogP contribution >= 0.6 is 24.0 Å². The van der Waals surface area contributed by atoms with Gasteiger partial charge in [0.1, 0.15) is 11.6 Å². The number of hydrogen-bond donors (Lipinski definition) is 2. The molecule has 0 bridgehead atoms. The van der Waals surface area contributed by atoms with Crippen molar-refractivity contribution in [3.8, 4) is 0 Å². The van der Waals surface area contributed by atoms with Crippen LogP contribution in [0.25, 0.3) is 0 Å². The molecule has 0 unspecified atom stereocenters. The minimum Gasteiger partial charge on any atom is -0.370 e. The van der Waals surface area contributed by atoms with Gasteiger partial charge in [0.25, 0.3) is 0 Å². The van der Waals surface area contributed by atoms with Crippen LogP contribution in [-0.2, 0) is 0 Å². The summed E-state index contributed by atoms with van der Waals surface area (Å²) < 4.78 is 26.4. The summed E-state index contributed by atoms with van der Waals surface area (Å²) in [4.78, 5) is 6.53. The molecule has 1 saturated carbocycles. The van der Waals surface area contributed by atoms with Crippen LogP contribution in [0, 0.1) is 11.6 Å². The van der Waals surface area contributed by atoms with Crippen molar-refractivity contribution in [1.29, 1.82) is 0 Å². The molecule has 0 heterocycles. The van der Waals surface area contributed by atoms with Crippen LogP contribution in [0.2, 0.25) is 0 Å². The molecule has 7 heteroatoms. The van der Waals surface area contributed by atoms with Gasteiger partial charge in [0.05, 0.1) is 12.2 Å². The van der Waals surface area contributed by atoms with Gasteiger partial charge in [-0.1, -0.05) is 12.8 Å². The van der Waals surface area contributed by atoms with E-state index in [1.54, 1.807) is 0 Å². The Kier molecular flexibility index (Phi) is 6.98. The molecule has 0 aliphatic heterocycles. The SMILES string of the molecule is CN(C)C1(CN=C(N)Nc2ccc(F)cc2F)CCCC1.I. The lowest BCUT2D eigenvalue weighted by Gasteiger charge is -2.34. The number of halogens is 3. The highest BCUT2D eigenvalue weighted by molar-refractivity contribution is 14.0. The summed E-state index contributed by atoms with van der Waals surface area (Å²) in [6, 6.07) is 3.30. The molecule has 0 radical (unpaired) electrons. The van der Waals surface area contributed by atoms with Crippen molar-refractivity contribution in [2.24, 2.45) is 10.7 Å². The van der Waals surface area contributed by atoms with Crippen LogP contribution in [0.3, 0.4) is 0 Å². The number of benzene rings is 1. The highest BCUT2D eigenvalue weighted by atomic mass is 127. The van der Waals surface area contributed by atoms with Crippen LogP contribution in [-0.4, -0.2) is 37.0 Å². The Morgan fingerprint density at radius 3 is 2.50 bits per heavy atom. The smallest absolute Gasteiger partial charge is 0.193 e. The lowest BCUT2D eigenvalue weighted by atomic mass is 9.96. The number of guanidine groups is 1. The molecule has 0 saturated heterocycles.